The number of benzene rings is 2. The normalized spacial score (nSPS) is 17.8. The van der Waals surface area contributed by atoms with Crippen molar-refractivity contribution < 1.29 is 23.9 Å². The van der Waals surface area contributed by atoms with Crippen LogP contribution < -0.4 is 15.0 Å². The lowest BCUT2D eigenvalue weighted by atomic mass is 10.1. The van der Waals surface area contributed by atoms with Gasteiger partial charge < -0.3 is 14.4 Å². The predicted molar refractivity (Wildman–Crippen MR) is 130 cm³/mol. The van der Waals surface area contributed by atoms with Crippen LogP contribution in [0.25, 0.3) is 6.08 Å². The third-order valence-corrected chi connectivity index (χ3v) is 6.00. The van der Waals surface area contributed by atoms with Crippen molar-refractivity contribution in [2.45, 2.75) is 0 Å². The molecule has 0 radical (unpaired) electrons. The van der Waals surface area contributed by atoms with Crippen molar-refractivity contribution in [3.8, 4) is 5.75 Å². The summed E-state index contributed by atoms with van der Waals surface area (Å²) < 4.78 is 11.5. The number of para-hydroxylation sites is 1. The number of hydrogen-bond acceptors (Lipinski definition) is 6. The first-order valence-electron chi connectivity index (χ1n) is 10.2. The summed E-state index contributed by atoms with van der Waals surface area (Å²) in [4.78, 5) is 40.8. The van der Waals surface area contributed by atoms with Gasteiger partial charge in [0, 0.05) is 13.1 Å². The van der Waals surface area contributed by atoms with E-state index in [0.717, 1.165) is 0 Å². The fourth-order valence-electron chi connectivity index (χ4n) is 3.40. The van der Waals surface area contributed by atoms with Gasteiger partial charge in [-0.15, -0.1) is 0 Å². The molecule has 0 aromatic heterocycles. The zero-order valence-corrected chi connectivity index (χ0v) is 19.9. The summed E-state index contributed by atoms with van der Waals surface area (Å²) in [7, 11) is 0. The summed E-state index contributed by atoms with van der Waals surface area (Å²) in [6, 6.07) is 13.9. The molecule has 0 atom stereocenters. The number of carbonyl (C=O) groups is 3. The van der Waals surface area contributed by atoms with Crippen molar-refractivity contribution in [2.75, 3.05) is 37.8 Å². The Bertz CT molecular complexity index is 1130. The molecule has 2 aliphatic heterocycles. The van der Waals surface area contributed by atoms with E-state index in [-0.39, 0.29) is 23.2 Å². The highest BCUT2D eigenvalue weighted by atomic mass is 79.9. The average Bonchev–Trinajstić information content (AvgIpc) is 2.82. The van der Waals surface area contributed by atoms with E-state index >= 15 is 0 Å². The number of morpholine rings is 1. The van der Waals surface area contributed by atoms with Gasteiger partial charge in [0.15, 0.2) is 11.7 Å². The summed E-state index contributed by atoms with van der Waals surface area (Å²) >= 11 is 8.63. The number of amides is 3. The standard InChI is InChI=1S/C23H20BrN3O5S/c24-18-13-15(6-7-19(18)32-14-20(28)26-8-10-31-11-9-26)12-17-21(29)25-23(33)27(22(17)30)16-4-2-1-3-5-16/h1-7,12-13H,8-11,14H2,(H,25,29,33)/b17-12+. The lowest BCUT2D eigenvalue weighted by Gasteiger charge is -2.28. The van der Waals surface area contributed by atoms with E-state index in [1.54, 1.807) is 47.4 Å². The van der Waals surface area contributed by atoms with Gasteiger partial charge >= 0.3 is 0 Å². The van der Waals surface area contributed by atoms with Gasteiger partial charge in [0.05, 0.1) is 23.4 Å². The van der Waals surface area contributed by atoms with E-state index in [4.69, 9.17) is 21.7 Å². The van der Waals surface area contributed by atoms with Gasteiger partial charge in [-0.1, -0.05) is 24.3 Å². The highest BCUT2D eigenvalue weighted by Gasteiger charge is 2.34. The van der Waals surface area contributed by atoms with E-state index in [1.165, 1.54) is 11.0 Å². The van der Waals surface area contributed by atoms with Crippen LogP contribution in [0.4, 0.5) is 5.69 Å². The van der Waals surface area contributed by atoms with Gasteiger partial charge in [-0.05, 0) is 64.1 Å². The zero-order chi connectivity index (χ0) is 23.4. The minimum atomic E-state index is -0.565. The molecule has 3 amide bonds. The molecule has 2 aromatic carbocycles. The van der Waals surface area contributed by atoms with E-state index in [2.05, 4.69) is 21.2 Å². The fourth-order valence-corrected chi connectivity index (χ4v) is 4.20. The molecule has 2 saturated heterocycles. The van der Waals surface area contributed by atoms with Crippen LogP contribution in [0.2, 0.25) is 0 Å². The average molecular weight is 530 g/mol. The van der Waals surface area contributed by atoms with Gasteiger partial charge in [0.1, 0.15) is 11.3 Å². The van der Waals surface area contributed by atoms with Crippen LogP contribution in [0, 0.1) is 0 Å². The summed E-state index contributed by atoms with van der Waals surface area (Å²) in [5.41, 5.74) is 1.12. The Kier molecular flexibility index (Phi) is 7.17. The van der Waals surface area contributed by atoms with E-state index < -0.39 is 11.8 Å². The highest BCUT2D eigenvalue weighted by molar-refractivity contribution is 9.10. The van der Waals surface area contributed by atoms with Crippen molar-refractivity contribution in [3.05, 3.63) is 64.1 Å². The molecule has 10 heteroatoms. The van der Waals surface area contributed by atoms with Crippen LogP contribution in [0.3, 0.4) is 0 Å². The molecule has 0 spiro atoms. The van der Waals surface area contributed by atoms with Crippen molar-refractivity contribution in [1.29, 1.82) is 0 Å². The molecule has 0 aliphatic carbocycles. The van der Waals surface area contributed by atoms with Crippen molar-refractivity contribution >= 4 is 62.7 Å². The summed E-state index contributed by atoms with van der Waals surface area (Å²) in [5, 5.41) is 2.59. The molecule has 8 nitrogen and oxygen atoms in total. The SMILES string of the molecule is O=C1NC(=S)N(c2ccccc2)C(=O)/C1=C/c1ccc(OCC(=O)N2CCOCC2)c(Br)c1. The molecule has 170 valence electrons. The predicted octanol–water partition coefficient (Wildman–Crippen LogP) is 2.52. The molecule has 33 heavy (non-hydrogen) atoms. The molecule has 2 aromatic rings. The second-order valence-electron chi connectivity index (χ2n) is 7.27. The molecule has 2 aliphatic rings. The number of ether oxygens (including phenoxy) is 2. The molecule has 2 heterocycles. The molecular weight excluding hydrogens is 510 g/mol. The summed E-state index contributed by atoms with van der Waals surface area (Å²) in [6.45, 7) is 2.06. The highest BCUT2D eigenvalue weighted by Crippen LogP contribution is 2.28. The Morgan fingerprint density at radius 3 is 2.58 bits per heavy atom. The molecule has 1 N–H and O–H groups in total. The first kappa shape index (κ1) is 23.1. The lowest BCUT2D eigenvalue weighted by Crippen LogP contribution is -2.54. The number of hydrogen-bond donors (Lipinski definition) is 1. The monoisotopic (exact) mass is 529 g/mol. The lowest BCUT2D eigenvalue weighted by molar-refractivity contribution is -0.137. The first-order chi connectivity index (χ1) is 15.9. The Balaban J connectivity index is 1.49. The Hall–Kier alpha value is -3.08. The molecular formula is C23H20BrN3O5S. The number of rotatable bonds is 5. The maximum absolute atomic E-state index is 13.1. The maximum atomic E-state index is 13.1. The van der Waals surface area contributed by atoms with Crippen molar-refractivity contribution in [1.82, 2.24) is 10.2 Å². The summed E-state index contributed by atoms with van der Waals surface area (Å²) in [5.74, 6) is -0.713. The number of thiocarbonyl (C=S) groups is 1. The van der Waals surface area contributed by atoms with E-state index in [9.17, 15) is 14.4 Å². The number of nitrogens with one attached hydrogen (secondary N) is 1. The quantitative estimate of drug-likeness (QED) is 0.363. The topological polar surface area (TPSA) is 88.2 Å². The van der Waals surface area contributed by atoms with Gasteiger partial charge in [-0.3, -0.25) is 24.6 Å². The number of carbonyl (C=O) groups excluding carboxylic acids is 3. The third-order valence-electron chi connectivity index (χ3n) is 5.10. The minimum Gasteiger partial charge on any atom is -0.483 e. The molecule has 2 fully saturated rings. The Morgan fingerprint density at radius 2 is 1.88 bits per heavy atom. The van der Waals surface area contributed by atoms with Crippen LogP contribution in [-0.4, -0.2) is 60.6 Å². The second-order valence-corrected chi connectivity index (χ2v) is 8.51. The van der Waals surface area contributed by atoms with Crippen molar-refractivity contribution in [2.24, 2.45) is 0 Å². The molecule has 0 bridgehead atoms. The van der Waals surface area contributed by atoms with E-state index in [0.29, 0.717) is 47.8 Å². The largest absolute Gasteiger partial charge is 0.483 e. The number of halogens is 1. The van der Waals surface area contributed by atoms with Gasteiger partial charge in [0.25, 0.3) is 17.7 Å². The van der Waals surface area contributed by atoms with Gasteiger partial charge in [-0.2, -0.15) is 0 Å². The van der Waals surface area contributed by atoms with Crippen LogP contribution in [0.1, 0.15) is 5.56 Å². The smallest absolute Gasteiger partial charge is 0.270 e. The third kappa shape index (κ3) is 5.29. The van der Waals surface area contributed by atoms with Crippen LogP contribution in [0.5, 0.6) is 5.75 Å². The van der Waals surface area contributed by atoms with Crippen LogP contribution in [0.15, 0.2) is 58.6 Å². The van der Waals surface area contributed by atoms with Crippen LogP contribution in [-0.2, 0) is 19.1 Å². The Morgan fingerprint density at radius 1 is 1.15 bits per heavy atom. The summed E-state index contributed by atoms with van der Waals surface area (Å²) in [6.07, 6.45) is 1.49. The van der Waals surface area contributed by atoms with Crippen molar-refractivity contribution in [3.63, 3.8) is 0 Å². The molecule has 0 saturated carbocycles. The molecule has 0 unspecified atom stereocenters. The van der Waals surface area contributed by atoms with Crippen LogP contribution >= 0.6 is 28.1 Å². The van der Waals surface area contributed by atoms with Gasteiger partial charge in [0.2, 0.25) is 0 Å². The minimum absolute atomic E-state index is 0.0308. The first-order valence-corrected chi connectivity index (χ1v) is 11.4. The fraction of sp³-hybridized carbons (Fsp3) is 0.217. The maximum Gasteiger partial charge on any atom is 0.270 e. The molecule has 4 rings (SSSR count). The second kappa shape index (κ2) is 10.2. The van der Waals surface area contributed by atoms with Gasteiger partial charge in [-0.25, -0.2) is 0 Å². The van der Waals surface area contributed by atoms with E-state index in [1.807, 2.05) is 6.07 Å². The number of nitrogens with zero attached hydrogens (tertiary/aromatic N) is 2. The zero-order valence-electron chi connectivity index (χ0n) is 17.5. The number of anilines is 1. The Labute approximate surface area is 204 Å².